The topological polar surface area (TPSA) is 98.6 Å². The molecule has 18 heavy (non-hydrogen) atoms. The fourth-order valence-electron chi connectivity index (χ4n) is 1.52. The molecule has 1 aromatic heterocycles. The second-order valence-corrected chi connectivity index (χ2v) is 5.29. The summed E-state index contributed by atoms with van der Waals surface area (Å²) in [5.41, 5.74) is 0.928. The van der Waals surface area contributed by atoms with Gasteiger partial charge in [0.05, 0.1) is 16.5 Å². The molecule has 2 N–H and O–H groups in total. The first-order chi connectivity index (χ1) is 8.53. The molecule has 2 rings (SSSR count). The fourth-order valence-corrected chi connectivity index (χ4v) is 2.73. The Balaban J connectivity index is 2.39. The number of benzene rings is 1. The van der Waals surface area contributed by atoms with Crippen molar-refractivity contribution in [2.45, 2.75) is 11.8 Å². The second-order valence-electron chi connectivity index (χ2n) is 3.64. The number of rotatable bonds is 3. The number of hydrogen-bond donors (Lipinski definition) is 2. The molecule has 92 valence electrons. The van der Waals surface area contributed by atoms with E-state index in [0.29, 0.717) is 11.1 Å². The van der Waals surface area contributed by atoms with E-state index in [9.17, 15) is 8.42 Å². The number of hydrogen-bond acceptors (Lipinski definition) is 4. The molecule has 2 aromatic rings. The van der Waals surface area contributed by atoms with E-state index in [1.165, 1.54) is 30.6 Å². The number of sulfonamides is 1. The zero-order valence-electron chi connectivity index (χ0n) is 9.51. The highest BCUT2D eigenvalue weighted by Gasteiger charge is 2.17. The molecule has 0 aliphatic rings. The van der Waals surface area contributed by atoms with Crippen LogP contribution in [0.15, 0.2) is 35.5 Å². The molecule has 0 saturated heterocycles. The summed E-state index contributed by atoms with van der Waals surface area (Å²) in [7, 11) is -3.69. The Labute approximate surface area is 104 Å². The minimum absolute atomic E-state index is 0.123. The Morgan fingerprint density at radius 2 is 2.22 bits per heavy atom. The summed E-state index contributed by atoms with van der Waals surface area (Å²) in [4.78, 5) is 6.57. The number of nitrogens with zero attached hydrogens (tertiary/aromatic N) is 2. The smallest absolute Gasteiger partial charge is 0.264 e. The van der Waals surface area contributed by atoms with Crippen molar-refractivity contribution in [3.05, 3.63) is 41.7 Å². The molecule has 1 heterocycles. The largest absolute Gasteiger partial charge is 0.330 e. The standard InChI is InChI=1S/C11H10N4O2S/c1-8-6-9(7-12)2-3-10(8)18(16,17)15-11-13-4-5-14-11/h2-6H,1H3,(H2,13,14,15). The fraction of sp³-hybridized carbons (Fsp3) is 0.0909. The lowest BCUT2D eigenvalue weighted by molar-refractivity contribution is 0.600. The monoisotopic (exact) mass is 262 g/mol. The normalized spacial score (nSPS) is 10.9. The van der Waals surface area contributed by atoms with Gasteiger partial charge in [0.15, 0.2) is 0 Å². The molecule has 0 atom stereocenters. The third-order valence-corrected chi connectivity index (χ3v) is 3.82. The van der Waals surface area contributed by atoms with Gasteiger partial charge in [-0.2, -0.15) is 5.26 Å². The highest BCUT2D eigenvalue weighted by Crippen LogP contribution is 2.18. The Bertz CT molecular complexity index is 699. The van der Waals surface area contributed by atoms with Gasteiger partial charge in [0.1, 0.15) is 0 Å². The van der Waals surface area contributed by atoms with Crippen LogP contribution in [0, 0.1) is 18.3 Å². The van der Waals surface area contributed by atoms with Crippen molar-refractivity contribution in [2.75, 3.05) is 4.72 Å². The van der Waals surface area contributed by atoms with E-state index in [-0.39, 0.29) is 10.8 Å². The lowest BCUT2D eigenvalue weighted by Gasteiger charge is -2.08. The number of nitrogens with one attached hydrogen (secondary N) is 2. The summed E-state index contributed by atoms with van der Waals surface area (Å²) in [5, 5.41) is 8.73. The third-order valence-electron chi connectivity index (χ3n) is 2.32. The molecule has 0 radical (unpaired) electrons. The number of imidazole rings is 1. The maximum atomic E-state index is 12.1. The Kier molecular flexibility index (Phi) is 3.04. The first-order valence-corrected chi connectivity index (χ1v) is 6.54. The lowest BCUT2D eigenvalue weighted by atomic mass is 10.2. The molecule has 0 amide bonds. The Morgan fingerprint density at radius 3 is 2.78 bits per heavy atom. The number of aromatic amines is 1. The van der Waals surface area contributed by atoms with Crippen LogP contribution in [-0.2, 0) is 10.0 Å². The van der Waals surface area contributed by atoms with Crippen molar-refractivity contribution >= 4 is 16.0 Å². The molecular weight excluding hydrogens is 252 g/mol. The van der Waals surface area contributed by atoms with Crippen LogP contribution in [0.4, 0.5) is 5.95 Å². The van der Waals surface area contributed by atoms with Crippen LogP contribution in [0.5, 0.6) is 0 Å². The highest BCUT2D eigenvalue weighted by atomic mass is 32.2. The van der Waals surface area contributed by atoms with Gasteiger partial charge in [-0.3, -0.25) is 0 Å². The maximum absolute atomic E-state index is 12.1. The van der Waals surface area contributed by atoms with E-state index in [1.807, 2.05) is 6.07 Å². The van der Waals surface area contributed by atoms with E-state index in [1.54, 1.807) is 6.92 Å². The molecule has 0 aliphatic carbocycles. The van der Waals surface area contributed by atoms with Crippen molar-refractivity contribution < 1.29 is 8.42 Å². The van der Waals surface area contributed by atoms with E-state index in [0.717, 1.165) is 0 Å². The van der Waals surface area contributed by atoms with Crippen molar-refractivity contribution in [3.63, 3.8) is 0 Å². The Hall–Kier alpha value is -2.33. The highest BCUT2D eigenvalue weighted by molar-refractivity contribution is 7.92. The van der Waals surface area contributed by atoms with Gasteiger partial charge in [0.25, 0.3) is 10.0 Å². The number of anilines is 1. The first kappa shape index (κ1) is 12.1. The SMILES string of the molecule is Cc1cc(C#N)ccc1S(=O)(=O)Nc1ncc[nH]1. The quantitative estimate of drug-likeness (QED) is 0.873. The zero-order valence-corrected chi connectivity index (χ0v) is 10.3. The zero-order chi connectivity index (χ0) is 13.2. The predicted molar refractivity (Wildman–Crippen MR) is 65.3 cm³/mol. The van der Waals surface area contributed by atoms with E-state index >= 15 is 0 Å². The number of H-pyrrole nitrogens is 1. The average Bonchev–Trinajstić information content (AvgIpc) is 2.80. The van der Waals surface area contributed by atoms with Gasteiger partial charge in [-0.1, -0.05) is 0 Å². The average molecular weight is 262 g/mol. The van der Waals surface area contributed by atoms with Crippen LogP contribution in [0.3, 0.4) is 0 Å². The third kappa shape index (κ3) is 2.33. The second kappa shape index (κ2) is 4.50. The summed E-state index contributed by atoms with van der Waals surface area (Å²) in [6, 6.07) is 6.35. The number of aromatic nitrogens is 2. The molecule has 0 saturated carbocycles. The van der Waals surface area contributed by atoms with Crippen LogP contribution in [0.25, 0.3) is 0 Å². The number of nitriles is 1. The van der Waals surface area contributed by atoms with Crippen molar-refractivity contribution in [2.24, 2.45) is 0 Å². The molecular formula is C11H10N4O2S. The van der Waals surface area contributed by atoms with Crippen molar-refractivity contribution in [1.82, 2.24) is 9.97 Å². The van der Waals surface area contributed by atoms with E-state index in [2.05, 4.69) is 14.7 Å². The summed E-state index contributed by atoms with van der Waals surface area (Å²) in [6.07, 6.45) is 2.97. The lowest BCUT2D eigenvalue weighted by Crippen LogP contribution is -2.15. The molecule has 0 unspecified atom stereocenters. The van der Waals surface area contributed by atoms with Crippen LogP contribution < -0.4 is 4.72 Å². The van der Waals surface area contributed by atoms with Crippen LogP contribution in [0.2, 0.25) is 0 Å². The van der Waals surface area contributed by atoms with Gasteiger partial charge in [0, 0.05) is 12.4 Å². The van der Waals surface area contributed by atoms with Crippen molar-refractivity contribution in [3.8, 4) is 6.07 Å². The van der Waals surface area contributed by atoms with Gasteiger partial charge in [-0.05, 0) is 30.7 Å². The molecule has 0 aliphatic heterocycles. The maximum Gasteiger partial charge on any atom is 0.264 e. The van der Waals surface area contributed by atoms with Gasteiger partial charge < -0.3 is 4.98 Å². The summed E-state index contributed by atoms with van der Waals surface area (Å²) >= 11 is 0. The molecule has 1 aromatic carbocycles. The van der Waals surface area contributed by atoms with Gasteiger partial charge in [-0.15, -0.1) is 0 Å². The summed E-state index contributed by atoms with van der Waals surface area (Å²) in [6.45, 7) is 1.64. The first-order valence-electron chi connectivity index (χ1n) is 5.06. The molecule has 0 bridgehead atoms. The molecule has 0 spiro atoms. The molecule has 6 nitrogen and oxygen atoms in total. The van der Waals surface area contributed by atoms with Crippen molar-refractivity contribution in [1.29, 1.82) is 5.26 Å². The van der Waals surface area contributed by atoms with Gasteiger partial charge in [-0.25, -0.2) is 18.1 Å². The summed E-state index contributed by atoms with van der Waals surface area (Å²) in [5.74, 6) is 0.152. The van der Waals surface area contributed by atoms with E-state index in [4.69, 9.17) is 5.26 Å². The minimum Gasteiger partial charge on any atom is -0.330 e. The van der Waals surface area contributed by atoms with Gasteiger partial charge in [0.2, 0.25) is 5.95 Å². The Morgan fingerprint density at radius 1 is 1.44 bits per heavy atom. The van der Waals surface area contributed by atoms with E-state index < -0.39 is 10.0 Å². The van der Waals surface area contributed by atoms with Crippen LogP contribution in [-0.4, -0.2) is 18.4 Å². The minimum atomic E-state index is -3.69. The van der Waals surface area contributed by atoms with Crippen LogP contribution >= 0.6 is 0 Å². The predicted octanol–water partition coefficient (Wildman–Crippen LogP) is 1.39. The molecule has 7 heteroatoms. The molecule has 0 fully saturated rings. The number of aryl methyl sites for hydroxylation is 1. The van der Waals surface area contributed by atoms with Gasteiger partial charge >= 0.3 is 0 Å². The summed E-state index contributed by atoms with van der Waals surface area (Å²) < 4.78 is 26.4. The van der Waals surface area contributed by atoms with Crippen LogP contribution in [0.1, 0.15) is 11.1 Å².